The minimum Gasteiger partial charge on any atom is -0.386 e. The van der Waals surface area contributed by atoms with Crippen LogP contribution in [0.1, 0.15) is 11.7 Å². The first-order valence-electron chi connectivity index (χ1n) is 3.60. The first-order valence-corrected chi connectivity index (χ1v) is 4.39. The number of hydrogen-bond donors (Lipinski definition) is 2. The smallest absolute Gasteiger partial charge is 0.131 e. The number of fused-ring (bicyclic) bond motifs is 1. The van der Waals surface area contributed by atoms with Gasteiger partial charge in [-0.1, -0.05) is 0 Å². The first kappa shape index (κ1) is 8.01. The van der Waals surface area contributed by atoms with Crippen molar-refractivity contribution in [2.24, 2.45) is 0 Å². The number of aliphatic hydroxyl groups is 1. The van der Waals surface area contributed by atoms with Crippen molar-refractivity contribution < 1.29 is 9.50 Å². The SMILES string of the molecule is OC1CNc2c(Br)ccc(F)c21. The highest BCUT2D eigenvalue weighted by molar-refractivity contribution is 9.10. The van der Waals surface area contributed by atoms with Gasteiger partial charge in [-0.2, -0.15) is 0 Å². The van der Waals surface area contributed by atoms with Crippen LogP contribution in [0.25, 0.3) is 0 Å². The van der Waals surface area contributed by atoms with Crippen LogP contribution >= 0.6 is 15.9 Å². The van der Waals surface area contributed by atoms with Gasteiger partial charge < -0.3 is 10.4 Å². The van der Waals surface area contributed by atoms with Crippen LogP contribution in [0, 0.1) is 5.82 Å². The van der Waals surface area contributed by atoms with Crippen LogP contribution < -0.4 is 5.32 Å². The lowest BCUT2D eigenvalue weighted by Crippen LogP contribution is -2.00. The predicted octanol–water partition coefficient (Wildman–Crippen LogP) is 2.05. The van der Waals surface area contributed by atoms with E-state index in [4.69, 9.17) is 0 Å². The van der Waals surface area contributed by atoms with Gasteiger partial charge in [-0.25, -0.2) is 4.39 Å². The van der Waals surface area contributed by atoms with Gasteiger partial charge in [-0.05, 0) is 28.1 Å². The summed E-state index contributed by atoms with van der Waals surface area (Å²) in [6.07, 6.45) is -0.725. The molecule has 12 heavy (non-hydrogen) atoms. The minimum atomic E-state index is -0.725. The van der Waals surface area contributed by atoms with Crippen LogP contribution in [0.3, 0.4) is 0 Å². The molecule has 1 unspecified atom stereocenters. The summed E-state index contributed by atoms with van der Waals surface area (Å²) in [5.41, 5.74) is 1.03. The summed E-state index contributed by atoms with van der Waals surface area (Å²) in [6, 6.07) is 2.97. The Balaban J connectivity index is 2.64. The van der Waals surface area contributed by atoms with Gasteiger partial charge >= 0.3 is 0 Å². The normalized spacial score (nSPS) is 20.4. The molecule has 4 heteroatoms. The molecule has 1 aliphatic rings. The fourth-order valence-corrected chi connectivity index (χ4v) is 1.86. The summed E-state index contributed by atoms with van der Waals surface area (Å²) in [4.78, 5) is 0. The van der Waals surface area contributed by atoms with Crippen LogP contribution in [0.2, 0.25) is 0 Å². The van der Waals surface area contributed by atoms with Crippen LogP contribution in [0.5, 0.6) is 0 Å². The number of benzene rings is 1. The van der Waals surface area contributed by atoms with E-state index < -0.39 is 6.10 Å². The fraction of sp³-hybridized carbons (Fsp3) is 0.250. The van der Waals surface area contributed by atoms with Crippen LogP contribution in [0.15, 0.2) is 16.6 Å². The van der Waals surface area contributed by atoms with Gasteiger partial charge in [0, 0.05) is 16.6 Å². The highest BCUT2D eigenvalue weighted by Crippen LogP contribution is 2.37. The monoisotopic (exact) mass is 231 g/mol. The van der Waals surface area contributed by atoms with E-state index in [0.717, 1.165) is 4.47 Å². The van der Waals surface area contributed by atoms with Crippen molar-refractivity contribution >= 4 is 21.6 Å². The van der Waals surface area contributed by atoms with Crippen molar-refractivity contribution in [3.8, 4) is 0 Å². The highest BCUT2D eigenvalue weighted by atomic mass is 79.9. The molecule has 1 heterocycles. The zero-order valence-corrected chi connectivity index (χ0v) is 7.73. The van der Waals surface area contributed by atoms with Crippen molar-refractivity contribution in [2.45, 2.75) is 6.10 Å². The minimum absolute atomic E-state index is 0.356. The van der Waals surface area contributed by atoms with Crippen molar-refractivity contribution in [2.75, 3.05) is 11.9 Å². The molecule has 2 N–H and O–H groups in total. The van der Waals surface area contributed by atoms with Gasteiger partial charge in [0.15, 0.2) is 0 Å². The molecule has 64 valence electrons. The Morgan fingerprint density at radius 1 is 1.58 bits per heavy atom. The standard InChI is InChI=1S/C8H7BrFNO/c9-4-1-2-5(10)7-6(12)3-11-8(4)7/h1-2,6,11-12H,3H2. The first-order chi connectivity index (χ1) is 5.70. The zero-order valence-electron chi connectivity index (χ0n) is 6.14. The third kappa shape index (κ3) is 1.03. The molecule has 1 aromatic carbocycles. The number of hydrogen-bond acceptors (Lipinski definition) is 2. The van der Waals surface area contributed by atoms with Crippen LogP contribution in [0.4, 0.5) is 10.1 Å². The van der Waals surface area contributed by atoms with Gasteiger partial charge in [0.25, 0.3) is 0 Å². The maximum atomic E-state index is 13.1. The van der Waals surface area contributed by atoms with E-state index in [1.807, 2.05) is 0 Å². The molecule has 0 spiro atoms. The molecular formula is C8H7BrFNO. The van der Waals surface area contributed by atoms with Crippen molar-refractivity contribution in [1.29, 1.82) is 0 Å². The molecule has 0 radical (unpaired) electrons. The Kier molecular flexibility index (Phi) is 1.81. The van der Waals surface area contributed by atoms with E-state index in [1.54, 1.807) is 6.07 Å². The quantitative estimate of drug-likeness (QED) is 0.717. The molecule has 2 rings (SSSR count). The van der Waals surface area contributed by atoms with Crippen molar-refractivity contribution in [1.82, 2.24) is 0 Å². The lowest BCUT2D eigenvalue weighted by Gasteiger charge is -2.04. The molecule has 0 saturated heterocycles. The van der Waals surface area contributed by atoms with Gasteiger partial charge in [0.2, 0.25) is 0 Å². The largest absolute Gasteiger partial charge is 0.386 e. The highest BCUT2D eigenvalue weighted by Gasteiger charge is 2.25. The second kappa shape index (κ2) is 2.71. The van der Waals surface area contributed by atoms with E-state index in [2.05, 4.69) is 21.2 Å². The van der Waals surface area contributed by atoms with E-state index in [1.165, 1.54) is 6.07 Å². The number of anilines is 1. The van der Waals surface area contributed by atoms with Gasteiger partial charge in [0.05, 0.1) is 5.69 Å². The van der Waals surface area contributed by atoms with E-state index in [-0.39, 0.29) is 5.82 Å². The topological polar surface area (TPSA) is 32.3 Å². The third-order valence-corrected chi connectivity index (χ3v) is 2.61. The molecule has 0 bridgehead atoms. The van der Waals surface area contributed by atoms with Crippen molar-refractivity contribution in [3.05, 3.63) is 28.0 Å². The van der Waals surface area contributed by atoms with Gasteiger partial charge in [0.1, 0.15) is 11.9 Å². The summed E-state index contributed by atoms with van der Waals surface area (Å²) in [7, 11) is 0. The van der Waals surface area contributed by atoms with Gasteiger partial charge in [-0.15, -0.1) is 0 Å². The Bertz CT molecular complexity index is 329. The predicted molar refractivity (Wildman–Crippen MR) is 47.5 cm³/mol. The average Bonchev–Trinajstić information content (AvgIpc) is 2.42. The maximum absolute atomic E-state index is 13.1. The average molecular weight is 232 g/mol. The second-order valence-corrected chi connectivity index (χ2v) is 3.57. The number of rotatable bonds is 0. The molecule has 0 aliphatic carbocycles. The number of halogens is 2. The van der Waals surface area contributed by atoms with E-state index >= 15 is 0 Å². The number of β-amino-alcohol motifs (C(OH)–C–C–N with tert-alkyl or cyclic N) is 1. The number of aliphatic hydroxyl groups excluding tert-OH is 1. The lowest BCUT2D eigenvalue weighted by molar-refractivity contribution is 0.195. The Morgan fingerprint density at radius 2 is 2.33 bits per heavy atom. The molecular weight excluding hydrogens is 225 g/mol. The summed E-state index contributed by atoms with van der Waals surface area (Å²) in [5, 5.41) is 12.3. The van der Waals surface area contributed by atoms with Crippen LogP contribution in [-0.2, 0) is 0 Å². The summed E-state index contributed by atoms with van der Waals surface area (Å²) in [6.45, 7) is 0.384. The van der Waals surface area contributed by atoms with E-state index in [0.29, 0.717) is 17.8 Å². The summed E-state index contributed by atoms with van der Waals surface area (Å²) in [5.74, 6) is -0.356. The molecule has 2 nitrogen and oxygen atoms in total. The van der Waals surface area contributed by atoms with Gasteiger partial charge in [-0.3, -0.25) is 0 Å². The molecule has 1 aliphatic heterocycles. The maximum Gasteiger partial charge on any atom is 0.131 e. The summed E-state index contributed by atoms with van der Waals surface area (Å²) < 4.78 is 13.9. The molecule has 1 atom stereocenters. The molecule has 0 saturated carbocycles. The van der Waals surface area contributed by atoms with Crippen LogP contribution in [-0.4, -0.2) is 11.7 Å². The molecule has 0 aromatic heterocycles. The Labute approximate surface area is 77.5 Å². The zero-order chi connectivity index (χ0) is 8.72. The second-order valence-electron chi connectivity index (χ2n) is 2.71. The summed E-state index contributed by atoms with van der Waals surface area (Å²) >= 11 is 3.27. The number of nitrogens with one attached hydrogen (secondary N) is 1. The lowest BCUT2D eigenvalue weighted by atomic mass is 10.1. The Morgan fingerprint density at radius 3 is 3.00 bits per heavy atom. The Hall–Kier alpha value is -0.610. The molecule has 1 aromatic rings. The third-order valence-electron chi connectivity index (χ3n) is 1.95. The van der Waals surface area contributed by atoms with Crippen molar-refractivity contribution in [3.63, 3.8) is 0 Å². The fourth-order valence-electron chi connectivity index (χ4n) is 1.37. The van der Waals surface area contributed by atoms with E-state index in [9.17, 15) is 9.50 Å². The molecule has 0 fully saturated rings. The molecule has 0 amide bonds.